The van der Waals surface area contributed by atoms with Gasteiger partial charge in [0, 0.05) is 12.2 Å². The van der Waals surface area contributed by atoms with E-state index in [1.807, 2.05) is 36.4 Å². The standard InChI is InChI=1S/C24H21Cl2N3O/c1-15-8-9-18(12-16(15)2)22-23(27-14-17-6-4-3-5-7-17)28-24(30)29(22)19-10-11-20(25)21(26)13-19/h3-13,22H,14H2,1-2H3,(H,27,28,30). The van der Waals surface area contributed by atoms with Crippen LogP contribution in [0.5, 0.6) is 0 Å². The molecule has 1 N–H and O–H groups in total. The molecule has 1 aliphatic rings. The molecule has 0 spiro atoms. The normalized spacial score (nSPS) is 16.0. The van der Waals surface area contributed by atoms with Crippen molar-refractivity contribution >= 4 is 40.8 Å². The van der Waals surface area contributed by atoms with E-state index in [2.05, 4.69) is 36.3 Å². The van der Waals surface area contributed by atoms with Crippen LogP contribution in [0.3, 0.4) is 0 Å². The molecule has 0 saturated heterocycles. The van der Waals surface area contributed by atoms with Crippen LogP contribution in [0.25, 0.3) is 0 Å². The number of anilines is 1. The van der Waals surface area contributed by atoms with E-state index < -0.39 is 0 Å². The first-order valence-corrected chi connectivity index (χ1v) is 10.4. The van der Waals surface area contributed by atoms with Crippen molar-refractivity contribution in [1.29, 1.82) is 0 Å². The minimum absolute atomic E-state index is 0.341. The second kappa shape index (κ2) is 8.50. The van der Waals surface area contributed by atoms with E-state index in [1.165, 1.54) is 5.56 Å². The van der Waals surface area contributed by atoms with Crippen LogP contribution in [0, 0.1) is 13.8 Å². The average molecular weight is 438 g/mol. The lowest BCUT2D eigenvalue weighted by Gasteiger charge is -2.27. The summed E-state index contributed by atoms with van der Waals surface area (Å²) in [4.78, 5) is 18.9. The summed E-state index contributed by atoms with van der Waals surface area (Å²) in [5.41, 5.74) is 5.09. The minimum atomic E-state index is -0.377. The van der Waals surface area contributed by atoms with Gasteiger partial charge < -0.3 is 5.32 Å². The molecule has 1 heterocycles. The Balaban J connectivity index is 1.72. The molecule has 0 aliphatic carbocycles. The number of rotatable bonds is 4. The van der Waals surface area contributed by atoms with E-state index in [4.69, 9.17) is 23.2 Å². The van der Waals surface area contributed by atoms with Crippen LogP contribution in [0.4, 0.5) is 10.5 Å². The molecule has 1 atom stereocenters. The first-order valence-electron chi connectivity index (χ1n) is 9.66. The van der Waals surface area contributed by atoms with Crippen LogP contribution in [-0.4, -0.2) is 11.9 Å². The molecular weight excluding hydrogens is 417 g/mol. The van der Waals surface area contributed by atoms with Crippen LogP contribution in [0.15, 0.2) is 71.7 Å². The molecule has 0 radical (unpaired) electrons. The molecule has 30 heavy (non-hydrogen) atoms. The van der Waals surface area contributed by atoms with Gasteiger partial charge in [0.1, 0.15) is 11.9 Å². The summed E-state index contributed by atoms with van der Waals surface area (Å²) in [5.74, 6) is 0.609. The molecule has 0 aromatic heterocycles. The van der Waals surface area contributed by atoms with E-state index in [-0.39, 0.29) is 12.1 Å². The Kier molecular flexibility index (Phi) is 5.80. The van der Waals surface area contributed by atoms with Gasteiger partial charge in [-0.05, 0) is 54.3 Å². The van der Waals surface area contributed by atoms with Crippen molar-refractivity contribution in [3.8, 4) is 0 Å². The van der Waals surface area contributed by atoms with Crippen molar-refractivity contribution in [1.82, 2.24) is 5.32 Å². The van der Waals surface area contributed by atoms with Gasteiger partial charge in [-0.2, -0.15) is 4.99 Å². The number of carbonyl (C=O) groups excluding carboxylic acids is 1. The number of hydrogen-bond acceptors (Lipinski definition) is 2. The van der Waals surface area contributed by atoms with E-state index in [1.54, 1.807) is 23.1 Å². The molecule has 3 aromatic carbocycles. The van der Waals surface area contributed by atoms with Crippen molar-refractivity contribution in [2.75, 3.05) is 4.90 Å². The fourth-order valence-corrected chi connectivity index (χ4v) is 3.80. The third kappa shape index (κ3) is 4.07. The van der Waals surface area contributed by atoms with Crippen molar-refractivity contribution in [2.45, 2.75) is 26.4 Å². The highest BCUT2D eigenvalue weighted by Crippen LogP contribution is 2.36. The second-order valence-corrected chi connectivity index (χ2v) is 8.15. The van der Waals surface area contributed by atoms with Crippen LogP contribution >= 0.6 is 23.2 Å². The first kappa shape index (κ1) is 20.5. The Morgan fingerprint density at radius 3 is 2.40 bits per heavy atom. The summed E-state index contributed by atoms with van der Waals surface area (Å²) >= 11 is 12.3. The Bertz CT molecular complexity index is 1130. The smallest absolute Gasteiger partial charge is 0.350 e. The van der Waals surface area contributed by atoms with E-state index >= 15 is 0 Å². The zero-order chi connectivity index (χ0) is 21.3. The third-order valence-corrected chi connectivity index (χ3v) is 6.02. The fraction of sp³-hybridized carbons (Fsp3) is 0.167. The van der Waals surface area contributed by atoms with Crippen molar-refractivity contribution in [3.05, 3.63) is 99.0 Å². The third-order valence-electron chi connectivity index (χ3n) is 5.28. The molecule has 2 amide bonds. The molecule has 152 valence electrons. The van der Waals surface area contributed by atoms with Crippen LogP contribution in [0.1, 0.15) is 28.3 Å². The molecule has 0 bridgehead atoms. The summed E-state index contributed by atoms with van der Waals surface area (Å²) in [7, 11) is 0. The molecule has 1 aliphatic heterocycles. The summed E-state index contributed by atoms with van der Waals surface area (Å²) in [6.45, 7) is 4.70. The number of hydrogen-bond donors (Lipinski definition) is 1. The van der Waals surface area contributed by atoms with Gasteiger partial charge in [0.25, 0.3) is 0 Å². The van der Waals surface area contributed by atoms with Crippen LogP contribution in [0.2, 0.25) is 10.0 Å². The summed E-state index contributed by atoms with van der Waals surface area (Å²) < 4.78 is 0. The van der Waals surface area contributed by atoms with Crippen LogP contribution in [-0.2, 0) is 6.54 Å². The quantitative estimate of drug-likeness (QED) is 0.507. The lowest BCUT2D eigenvalue weighted by atomic mass is 9.99. The first-order chi connectivity index (χ1) is 14.4. The highest BCUT2D eigenvalue weighted by molar-refractivity contribution is 6.42. The summed E-state index contributed by atoms with van der Waals surface area (Å²) in [6.07, 6.45) is 0. The van der Waals surface area contributed by atoms with Crippen molar-refractivity contribution < 1.29 is 4.79 Å². The number of nitrogens with zero attached hydrogens (tertiary/aromatic N) is 2. The average Bonchev–Trinajstić information content (AvgIpc) is 3.07. The predicted molar refractivity (Wildman–Crippen MR) is 124 cm³/mol. The maximum absolute atomic E-state index is 13.0. The van der Waals surface area contributed by atoms with Crippen molar-refractivity contribution in [3.63, 3.8) is 0 Å². The molecule has 4 nitrogen and oxygen atoms in total. The molecule has 0 saturated carbocycles. The SMILES string of the molecule is Cc1ccc(C2C(NCc3ccccc3)=NC(=O)N2c2ccc(Cl)c(Cl)c2)cc1C. The fourth-order valence-electron chi connectivity index (χ4n) is 3.51. The van der Waals surface area contributed by atoms with Gasteiger partial charge >= 0.3 is 6.03 Å². The molecule has 1 unspecified atom stereocenters. The largest absolute Gasteiger partial charge is 0.367 e. The number of amides is 2. The second-order valence-electron chi connectivity index (χ2n) is 7.33. The van der Waals surface area contributed by atoms with Gasteiger partial charge in [-0.15, -0.1) is 0 Å². The van der Waals surface area contributed by atoms with Gasteiger partial charge in [-0.3, -0.25) is 4.90 Å². The number of halogens is 2. The molecule has 4 rings (SSSR count). The van der Waals surface area contributed by atoms with E-state index in [0.29, 0.717) is 28.1 Å². The number of benzene rings is 3. The number of aliphatic imine (C=N–C) groups is 1. The van der Waals surface area contributed by atoms with Crippen molar-refractivity contribution in [2.24, 2.45) is 4.99 Å². The molecular formula is C24H21Cl2N3O. The Labute approximate surface area is 186 Å². The predicted octanol–water partition coefficient (Wildman–Crippen LogP) is 6.48. The number of carbonyl (C=O) groups is 1. The number of amidine groups is 1. The number of urea groups is 1. The Morgan fingerprint density at radius 2 is 1.70 bits per heavy atom. The topological polar surface area (TPSA) is 44.7 Å². The molecule has 3 aromatic rings. The monoisotopic (exact) mass is 437 g/mol. The molecule has 0 fully saturated rings. The number of aryl methyl sites for hydroxylation is 2. The maximum atomic E-state index is 13.0. The molecule has 6 heteroatoms. The van der Waals surface area contributed by atoms with Crippen LogP contribution < -0.4 is 10.2 Å². The summed E-state index contributed by atoms with van der Waals surface area (Å²) in [5, 5.41) is 4.20. The maximum Gasteiger partial charge on any atom is 0.350 e. The zero-order valence-electron chi connectivity index (χ0n) is 16.7. The summed E-state index contributed by atoms with van der Waals surface area (Å²) in [6, 6.07) is 20.7. The lowest BCUT2D eigenvalue weighted by Crippen LogP contribution is -2.36. The highest BCUT2D eigenvalue weighted by Gasteiger charge is 2.37. The van der Waals surface area contributed by atoms with E-state index in [0.717, 1.165) is 16.7 Å². The Morgan fingerprint density at radius 1 is 0.933 bits per heavy atom. The zero-order valence-corrected chi connectivity index (χ0v) is 18.2. The Hall–Kier alpha value is -2.82. The van der Waals surface area contributed by atoms with Gasteiger partial charge in [0.15, 0.2) is 0 Å². The van der Waals surface area contributed by atoms with Gasteiger partial charge in [-0.1, -0.05) is 71.7 Å². The number of nitrogens with one attached hydrogen (secondary N) is 1. The van der Waals surface area contributed by atoms with Gasteiger partial charge in [0.05, 0.1) is 10.0 Å². The minimum Gasteiger partial charge on any atom is -0.367 e. The van der Waals surface area contributed by atoms with E-state index in [9.17, 15) is 4.79 Å². The lowest BCUT2D eigenvalue weighted by molar-refractivity contribution is 0.255. The van der Waals surface area contributed by atoms with Gasteiger partial charge in [-0.25, -0.2) is 4.79 Å². The highest BCUT2D eigenvalue weighted by atomic mass is 35.5. The van der Waals surface area contributed by atoms with Gasteiger partial charge in [0.2, 0.25) is 0 Å².